The number of hydrogen-bond acceptors (Lipinski definition) is 7. The number of carbonyl (C=O) groups excluding carboxylic acids is 3. The third-order valence-corrected chi connectivity index (χ3v) is 14.2. The molecule has 3 aliphatic rings. The van der Waals surface area contributed by atoms with Gasteiger partial charge in [0.25, 0.3) is 0 Å². The van der Waals surface area contributed by atoms with Crippen molar-refractivity contribution in [1.29, 1.82) is 0 Å². The van der Waals surface area contributed by atoms with Crippen molar-refractivity contribution < 1.29 is 23.9 Å². The number of nitrogens with zero attached hydrogens (tertiary/aromatic N) is 4. The van der Waals surface area contributed by atoms with Crippen LogP contribution in [0.5, 0.6) is 0 Å². The van der Waals surface area contributed by atoms with Crippen molar-refractivity contribution >= 4 is 80.1 Å². The fourth-order valence-corrected chi connectivity index (χ4v) is 10.1. The molecular weight excluding hydrogens is 821 g/mol. The summed E-state index contributed by atoms with van der Waals surface area (Å²) in [5, 5.41) is 0. The number of Topliss-reactive ketones (excluding diaryl/α,β-unsaturated/α-hetero) is 1. The first-order valence-electron chi connectivity index (χ1n) is 24.0. The Morgan fingerprint density at radius 3 is 2.15 bits per heavy atom. The van der Waals surface area contributed by atoms with Crippen LogP contribution in [-0.4, -0.2) is 64.5 Å². The second-order valence-corrected chi connectivity index (χ2v) is 19.4. The standard InChI is InChI=1S/C55H73N4O5.Mg/c1-13-39-35(8)42-28-44-37(10)41(24-25-48(60)64-27-26-34(7)23-17-22-33(6)21-16-20-32(5)19-15-18-31(3)4)52(58-44)50-51(55(62)63-12)54(61)49-38(11)45(59-53(49)50)30-47-40(14-2)36(9)43(57-47)29-46(39)56-42;/h13,26,28-33,37,41,51H,1,14-25,27H2,2-12H3,(H-,56,57,58,59,61);/q-1;+2/p-1/b34-26+;/t32-,33-,37+,41+,51-;/m0./s1. The molecule has 0 N–H and O–H groups in total. The predicted octanol–water partition coefficient (Wildman–Crippen LogP) is 12.8. The second-order valence-electron chi connectivity index (χ2n) is 19.4. The summed E-state index contributed by atoms with van der Waals surface area (Å²) in [6.45, 7) is 26.0. The monoisotopic (exact) mass is 893 g/mol. The minimum Gasteiger partial charge on any atom is -0.657 e. The maximum atomic E-state index is 14.4. The Morgan fingerprint density at radius 2 is 1.51 bits per heavy atom. The molecule has 10 heteroatoms. The molecule has 0 saturated carbocycles. The van der Waals surface area contributed by atoms with Crippen molar-refractivity contribution in [3.05, 3.63) is 87.0 Å². The fourth-order valence-electron chi connectivity index (χ4n) is 10.1. The molecule has 8 bridgehead atoms. The quantitative estimate of drug-likeness (QED) is 0.0472. The number of rotatable bonds is 20. The Kier molecular flexibility index (Phi) is 18.3. The Bertz CT molecular complexity index is 2490. The van der Waals surface area contributed by atoms with E-state index in [1.807, 2.05) is 44.2 Å². The Morgan fingerprint density at radius 1 is 0.862 bits per heavy atom. The van der Waals surface area contributed by atoms with Gasteiger partial charge in [0, 0.05) is 35.2 Å². The van der Waals surface area contributed by atoms with E-state index in [1.54, 1.807) is 0 Å². The van der Waals surface area contributed by atoms with Gasteiger partial charge in [0.1, 0.15) is 12.5 Å². The molecule has 0 spiro atoms. The van der Waals surface area contributed by atoms with Gasteiger partial charge in [-0.2, -0.15) is 0 Å². The molecule has 0 radical (unpaired) electrons. The third kappa shape index (κ3) is 11.6. The maximum Gasteiger partial charge on any atom is 2.00 e. The molecule has 0 aromatic carbocycles. The molecule has 0 amide bonds. The van der Waals surface area contributed by atoms with Crippen LogP contribution in [0.1, 0.15) is 206 Å². The summed E-state index contributed by atoms with van der Waals surface area (Å²) in [6.07, 6.45) is 16.4. The smallest absolute Gasteiger partial charge is 0.657 e. The Hall–Kier alpha value is -4.28. The van der Waals surface area contributed by atoms with Gasteiger partial charge < -0.3 is 19.4 Å². The van der Waals surface area contributed by atoms with Gasteiger partial charge in [0.15, 0.2) is 5.78 Å². The average molecular weight is 894 g/mol. The topological polar surface area (TPSA) is 124 Å². The van der Waals surface area contributed by atoms with Crippen molar-refractivity contribution in [3.8, 4) is 0 Å². The van der Waals surface area contributed by atoms with Gasteiger partial charge in [-0.15, -0.1) is 22.1 Å². The van der Waals surface area contributed by atoms with Crippen LogP contribution in [-0.2, 0) is 19.1 Å². The van der Waals surface area contributed by atoms with Gasteiger partial charge in [-0.1, -0.05) is 134 Å². The molecule has 344 valence electrons. The summed E-state index contributed by atoms with van der Waals surface area (Å²) >= 11 is 0. The summed E-state index contributed by atoms with van der Waals surface area (Å²) in [5.41, 5.74) is 12.3. The van der Waals surface area contributed by atoms with Crippen LogP contribution in [0.25, 0.3) is 39.3 Å². The molecule has 9 nitrogen and oxygen atoms in total. The number of esters is 2. The number of ketones is 1. The summed E-state index contributed by atoms with van der Waals surface area (Å²) in [5.74, 6) is -0.711. The van der Waals surface area contributed by atoms with Crippen molar-refractivity contribution in [1.82, 2.24) is 19.9 Å². The molecule has 6 rings (SSSR count). The first-order valence-corrected chi connectivity index (χ1v) is 24.0. The molecule has 1 aliphatic carbocycles. The molecule has 5 heterocycles. The van der Waals surface area contributed by atoms with Crippen LogP contribution >= 0.6 is 0 Å². The largest absolute Gasteiger partial charge is 2.00 e. The first kappa shape index (κ1) is 51.7. The zero-order valence-electron chi connectivity index (χ0n) is 41.3. The van der Waals surface area contributed by atoms with Gasteiger partial charge in [0.2, 0.25) is 0 Å². The zero-order valence-corrected chi connectivity index (χ0v) is 42.7. The molecular formula is C55H72MgN4O5. The number of hydrogen-bond donors (Lipinski definition) is 0. The average Bonchev–Trinajstić information content (AvgIpc) is 3.99. The van der Waals surface area contributed by atoms with E-state index in [4.69, 9.17) is 29.4 Å². The zero-order chi connectivity index (χ0) is 46.4. The molecule has 0 saturated heterocycles. The number of aryl methyl sites for hydroxylation is 2. The minimum atomic E-state index is -1.22. The number of carbonyl (C=O) groups is 3. The van der Waals surface area contributed by atoms with Crippen molar-refractivity contribution in [2.24, 2.45) is 17.8 Å². The molecule has 5 atom stereocenters. The minimum absolute atomic E-state index is 0. The molecule has 3 aromatic rings. The summed E-state index contributed by atoms with van der Waals surface area (Å²) in [4.78, 5) is 61.8. The molecule has 0 fully saturated rings. The van der Waals surface area contributed by atoms with E-state index in [2.05, 4.69) is 62.0 Å². The van der Waals surface area contributed by atoms with Crippen LogP contribution in [0.3, 0.4) is 0 Å². The maximum absolute atomic E-state index is 14.4. The fraction of sp³-hybridized carbons (Fsp3) is 0.545. The number of fused-ring (bicyclic) bond motifs is 8. The van der Waals surface area contributed by atoms with Crippen molar-refractivity contribution in [3.63, 3.8) is 0 Å². The van der Waals surface area contributed by atoms with Gasteiger partial charge in [-0.3, -0.25) is 19.4 Å². The molecule has 0 unspecified atom stereocenters. The Labute approximate surface area is 404 Å². The second kappa shape index (κ2) is 22.9. The number of methoxy groups -OCH3 is 1. The normalized spacial score (nSPS) is 17.9. The third-order valence-electron chi connectivity index (χ3n) is 14.2. The van der Waals surface area contributed by atoms with Gasteiger partial charge >= 0.3 is 35.0 Å². The van der Waals surface area contributed by atoms with Crippen LogP contribution in [0.4, 0.5) is 0 Å². The molecule has 3 aromatic heterocycles. The van der Waals surface area contributed by atoms with E-state index in [0.29, 0.717) is 45.8 Å². The summed E-state index contributed by atoms with van der Waals surface area (Å²) in [6, 6.07) is 5.95. The summed E-state index contributed by atoms with van der Waals surface area (Å²) < 4.78 is 11.0. The van der Waals surface area contributed by atoms with E-state index in [9.17, 15) is 14.4 Å². The number of allylic oxidation sites excluding steroid dienone is 3. The van der Waals surface area contributed by atoms with Crippen LogP contribution in [0.2, 0.25) is 0 Å². The number of ether oxygens (including phenoxy) is 2. The first-order chi connectivity index (χ1) is 30.6. The van der Waals surface area contributed by atoms with Gasteiger partial charge in [-0.25, -0.2) is 4.98 Å². The Balaban J connectivity index is 0.00000793. The van der Waals surface area contributed by atoms with E-state index < -0.39 is 11.9 Å². The SMILES string of the molecule is C=Cc1c(C)c2cc3nc(c4c5[n-]c(cc6nc(cc1[n-]2)C(C)=C6CC)c(C)c5C(=O)[C@H]4C(=O)OC)[C@H](CCC(=O)OC/C=C(\C)CCC[C@@H](C)CCC[C@@H](C)CCCC(C)C)[C@H]3C.[Mg+2]. The van der Waals surface area contributed by atoms with E-state index >= 15 is 0 Å². The number of aromatic nitrogens is 4. The summed E-state index contributed by atoms with van der Waals surface area (Å²) in [7, 11) is 1.30. The molecule has 2 aliphatic heterocycles. The molecule has 65 heavy (non-hydrogen) atoms. The van der Waals surface area contributed by atoms with Crippen LogP contribution in [0, 0.1) is 31.6 Å². The van der Waals surface area contributed by atoms with Crippen LogP contribution < -0.4 is 9.97 Å². The van der Waals surface area contributed by atoms with E-state index in [1.165, 1.54) is 57.6 Å². The van der Waals surface area contributed by atoms with Crippen molar-refractivity contribution in [2.75, 3.05) is 13.7 Å². The van der Waals surface area contributed by atoms with Crippen molar-refractivity contribution in [2.45, 2.75) is 164 Å². The predicted molar refractivity (Wildman–Crippen MR) is 266 cm³/mol. The van der Waals surface area contributed by atoms with Crippen LogP contribution in [0.15, 0.2) is 36.4 Å². The van der Waals surface area contributed by atoms with E-state index in [-0.39, 0.29) is 59.7 Å². The van der Waals surface area contributed by atoms with Gasteiger partial charge in [-0.05, 0) is 99.5 Å². The van der Waals surface area contributed by atoms with Gasteiger partial charge in [0.05, 0.1) is 18.5 Å². The van der Waals surface area contributed by atoms with E-state index in [0.717, 1.165) is 81.5 Å².